The van der Waals surface area contributed by atoms with Crippen LogP contribution in [0.1, 0.15) is 23.7 Å². The van der Waals surface area contributed by atoms with Crippen LogP contribution in [0, 0.1) is 11.8 Å². The maximum atomic E-state index is 11.6. The first kappa shape index (κ1) is 11.4. The number of nitrogens with one attached hydrogen (secondary N) is 1. The lowest BCUT2D eigenvalue weighted by Gasteiger charge is -2.07. The van der Waals surface area contributed by atoms with Gasteiger partial charge in [-0.1, -0.05) is 6.92 Å². The zero-order valence-corrected chi connectivity index (χ0v) is 9.30. The van der Waals surface area contributed by atoms with Crippen LogP contribution in [0.2, 0.25) is 0 Å². The van der Waals surface area contributed by atoms with Crippen LogP contribution in [-0.4, -0.2) is 22.1 Å². The minimum absolute atomic E-state index is 0.0251. The first-order valence-electron chi connectivity index (χ1n) is 5.36. The highest BCUT2D eigenvalue weighted by molar-refractivity contribution is 5.97. The van der Waals surface area contributed by atoms with Gasteiger partial charge in [0.15, 0.2) is 0 Å². The van der Waals surface area contributed by atoms with Gasteiger partial charge in [0.1, 0.15) is 5.75 Å². The van der Waals surface area contributed by atoms with E-state index in [4.69, 9.17) is 5.11 Å². The maximum absolute atomic E-state index is 11.6. The van der Waals surface area contributed by atoms with E-state index >= 15 is 0 Å². The Morgan fingerprint density at radius 3 is 2.59 bits per heavy atom. The van der Waals surface area contributed by atoms with Crippen LogP contribution < -0.4 is 5.32 Å². The number of phenols is 1. The number of carboxylic acid groups (broad SMARTS) is 1. The Kier molecular flexibility index (Phi) is 2.75. The fourth-order valence-corrected chi connectivity index (χ4v) is 1.68. The van der Waals surface area contributed by atoms with Crippen molar-refractivity contribution in [2.24, 2.45) is 11.8 Å². The van der Waals surface area contributed by atoms with Crippen LogP contribution >= 0.6 is 0 Å². The molecule has 2 rings (SSSR count). The summed E-state index contributed by atoms with van der Waals surface area (Å²) in [5, 5.41) is 20.9. The highest BCUT2D eigenvalue weighted by atomic mass is 16.4. The molecule has 0 bridgehead atoms. The molecule has 1 aromatic carbocycles. The SMILES string of the molecule is CC1CC1C(=O)Nc1cc(C(=O)O)ccc1O. The number of amides is 1. The van der Waals surface area contributed by atoms with E-state index in [0.29, 0.717) is 5.92 Å². The number of rotatable bonds is 3. The topological polar surface area (TPSA) is 86.6 Å². The number of aromatic carboxylic acids is 1. The van der Waals surface area contributed by atoms with Gasteiger partial charge in [0, 0.05) is 5.92 Å². The van der Waals surface area contributed by atoms with E-state index in [1.54, 1.807) is 0 Å². The van der Waals surface area contributed by atoms with Crippen LogP contribution in [0.3, 0.4) is 0 Å². The van der Waals surface area contributed by atoms with Crippen molar-refractivity contribution in [2.75, 3.05) is 5.32 Å². The zero-order chi connectivity index (χ0) is 12.6. The first-order valence-corrected chi connectivity index (χ1v) is 5.36. The van der Waals surface area contributed by atoms with Gasteiger partial charge in [-0.2, -0.15) is 0 Å². The molecular weight excluding hydrogens is 222 g/mol. The normalized spacial score (nSPS) is 21.9. The Morgan fingerprint density at radius 2 is 2.06 bits per heavy atom. The summed E-state index contributed by atoms with van der Waals surface area (Å²) in [7, 11) is 0. The number of carboxylic acids is 1. The van der Waals surface area contributed by atoms with E-state index in [9.17, 15) is 14.7 Å². The Labute approximate surface area is 98.1 Å². The van der Waals surface area contributed by atoms with Gasteiger partial charge in [-0.3, -0.25) is 4.79 Å². The zero-order valence-electron chi connectivity index (χ0n) is 9.30. The lowest BCUT2D eigenvalue weighted by molar-refractivity contribution is -0.117. The van der Waals surface area contributed by atoms with Crippen molar-refractivity contribution < 1.29 is 19.8 Å². The van der Waals surface area contributed by atoms with Gasteiger partial charge in [-0.15, -0.1) is 0 Å². The third-order valence-electron chi connectivity index (χ3n) is 2.95. The Balaban J connectivity index is 2.16. The van der Waals surface area contributed by atoms with E-state index in [1.807, 2.05) is 6.92 Å². The lowest BCUT2D eigenvalue weighted by atomic mass is 10.2. The monoisotopic (exact) mass is 235 g/mol. The molecule has 5 nitrogen and oxygen atoms in total. The Bertz CT molecular complexity index is 483. The summed E-state index contributed by atoms with van der Waals surface area (Å²) in [5.41, 5.74) is 0.177. The summed E-state index contributed by atoms with van der Waals surface area (Å²) in [6.07, 6.45) is 0.839. The molecule has 2 atom stereocenters. The summed E-state index contributed by atoms with van der Waals surface area (Å²) in [6, 6.07) is 3.80. The summed E-state index contributed by atoms with van der Waals surface area (Å²) < 4.78 is 0. The summed E-state index contributed by atoms with van der Waals surface area (Å²) >= 11 is 0. The third-order valence-corrected chi connectivity index (χ3v) is 2.95. The molecular formula is C12H13NO4. The molecule has 0 spiro atoms. The molecule has 17 heavy (non-hydrogen) atoms. The van der Waals surface area contributed by atoms with Gasteiger partial charge in [-0.05, 0) is 30.5 Å². The van der Waals surface area contributed by atoms with Gasteiger partial charge in [-0.25, -0.2) is 4.79 Å². The van der Waals surface area contributed by atoms with Gasteiger partial charge < -0.3 is 15.5 Å². The highest BCUT2D eigenvalue weighted by Gasteiger charge is 2.39. The van der Waals surface area contributed by atoms with Crippen molar-refractivity contribution in [3.63, 3.8) is 0 Å². The second-order valence-corrected chi connectivity index (χ2v) is 4.35. The maximum Gasteiger partial charge on any atom is 0.335 e. The molecule has 1 aliphatic carbocycles. The Hall–Kier alpha value is -2.04. The van der Waals surface area contributed by atoms with Crippen molar-refractivity contribution in [3.8, 4) is 5.75 Å². The van der Waals surface area contributed by atoms with Crippen LogP contribution in [0.15, 0.2) is 18.2 Å². The standard InChI is InChI=1S/C12H13NO4/c1-6-4-8(6)11(15)13-9-5-7(12(16)17)2-3-10(9)14/h2-3,5-6,8,14H,4H2,1H3,(H,13,15)(H,16,17). The Morgan fingerprint density at radius 1 is 1.41 bits per heavy atom. The van der Waals surface area contributed by atoms with E-state index in [0.717, 1.165) is 6.42 Å². The number of benzene rings is 1. The van der Waals surface area contributed by atoms with Gasteiger partial charge in [0.2, 0.25) is 5.91 Å². The molecule has 0 heterocycles. The molecule has 1 aliphatic rings. The van der Waals surface area contributed by atoms with Crippen molar-refractivity contribution in [2.45, 2.75) is 13.3 Å². The summed E-state index contributed by atoms with van der Waals surface area (Å²) in [6.45, 7) is 1.97. The summed E-state index contributed by atoms with van der Waals surface area (Å²) in [5.74, 6) is -1.06. The number of phenolic OH excluding ortho intramolecular Hbond substituents is 1. The number of hydrogen-bond acceptors (Lipinski definition) is 3. The van der Waals surface area contributed by atoms with Crippen molar-refractivity contribution >= 4 is 17.6 Å². The van der Waals surface area contributed by atoms with Gasteiger partial charge in [0.05, 0.1) is 11.3 Å². The second kappa shape index (κ2) is 4.08. The predicted octanol–water partition coefficient (Wildman–Crippen LogP) is 1.68. The molecule has 1 amide bonds. The predicted molar refractivity (Wildman–Crippen MR) is 61.0 cm³/mol. The lowest BCUT2D eigenvalue weighted by Crippen LogP contribution is -2.15. The molecule has 0 aliphatic heterocycles. The smallest absolute Gasteiger partial charge is 0.335 e. The van der Waals surface area contributed by atoms with Crippen molar-refractivity contribution in [3.05, 3.63) is 23.8 Å². The number of anilines is 1. The minimum atomic E-state index is -1.10. The molecule has 1 saturated carbocycles. The molecule has 5 heteroatoms. The third kappa shape index (κ3) is 2.38. The van der Waals surface area contributed by atoms with Crippen molar-refractivity contribution in [1.29, 1.82) is 0 Å². The molecule has 90 valence electrons. The quantitative estimate of drug-likeness (QED) is 0.696. The fraction of sp³-hybridized carbons (Fsp3) is 0.333. The van der Waals surface area contributed by atoms with Crippen molar-refractivity contribution in [1.82, 2.24) is 0 Å². The average molecular weight is 235 g/mol. The molecule has 0 saturated heterocycles. The molecule has 0 radical (unpaired) electrons. The number of hydrogen-bond donors (Lipinski definition) is 3. The van der Waals surface area contributed by atoms with Crippen LogP contribution in [0.5, 0.6) is 5.75 Å². The number of aromatic hydroxyl groups is 1. The number of carbonyl (C=O) groups is 2. The first-order chi connectivity index (χ1) is 7.99. The highest BCUT2D eigenvalue weighted by Crippen LogP contribution is 2.39. The van der Waals surface area contributed by atoms with E-state index in [-0.39, 0.29) is 28.8 Å². The summed E-state index contributed by atoms with van der Waals surface area (Å²) in [4.78, 5) is 22.4. The molecule has 1 aromatic rings. The largest absolute Gasteiger partial charge is 0.506 e. The van der Waals surface area contributed by atoms with Crippen LogP contribution in [-0.2, 0) is 4.79 Å². The van der Waals surface area contributed by atoms with E-state index in [2.05, 4.69) is 5.32 Å². The van der Waals surface area contributed by atoms with E-state index in [1.165, 1.54) is 18.2 Å². The molecule has 2 unspecified atom stereocenters. The molecule has 1 fully saturated rings. The molecule has 0 aromatic heterocycles. The van der Waals surface area contributed by atoms with Gasteiger partial charge >= 0.3 is 5.97 Å². The van der Waals surface area contributed by atoms with Crippen LogP contribution in [0.4, 0.5) is 5.69 Å². The minimum Gasteiger partial charge on any atom is -0.506 e. The number of carbonyl (C=O) groups excluding carboxylic acids is 1. The van der Waals surface area contributed by atoms with Crippen LogP contribution in [0.25, 0.3) is 0 Å². The van der Waals surface area contributed by atoms with E-state index < -0.39 is 5.97 Å². The average Bonchev–Trinajstić information content (AvgIpc) is 2.98. The fourth-order valence-electron chi connectivity index (χ4n) is 1.68. The molecule has 3 N–H and O–H groups in total. The second-order valence-electron chi connectivity index (χ2n) is 4.35. The van der Waals surface area contributed by atoms with Gasteiger partial charge in [0.25, 0.3) is 0 Å².